The largest absolute Gasteiger partial charge is 0.353 e. The van der Waals surface area contributed by atoms with E-state index in [-0.39, 0.29) is 5.91 Å². The zero-order valence-electron chi connectivity index (χ0n) is 14.2. The number of aryl methyl sites for hydroxylation is 2. The summed E-state index contributed by atoms with van der Waals surface area (Å²) in [5, 5.41) is 3.02. The summed E-state index contributed by atoms with van der Waals surface area (Å²) in [5.74, 6) is 0.966. The Hall–Kier alpha value is -2.89. The first-order chi connectivity index (χ1) is 12.2. The minimum atomic E-state index is 0.150. The minimum Gasteiger partial charge on any atom is -0.353 e. The second-order valence-corrected chi connectivity index (χ2v) is 6.51. The lowest BCUT2D eigenvalue weighted by Crippen LogP contribution is -2.25. The van der Waals surface area contributed by atoms with Crippen molar-refractivity contribution in [2.45, 2.75) is 38.6 Å². The minimum absolute atomic E-state index is 0.150. The lowest BCUT2D eigenvalue weighted by atomic mass is 10.1. The van der Waals surface area contributed by atoms with Crippen LogP contribution in [0.1, 0.15) is 30.5 Å². The van der Waals surface area contributed by atoms with Gasteiger partial charge in [0.1, 0.15) is 5.69 Å². The van der Waals surface area contributed by atoms with Crippen molar-refractivity contribution in [1.82, 2.24) is 24.8 Å². The molecule has 128 valence electrons. The van der Waals surface area contributed by atoms with Crippen molar-refractivity contribution in [3.05, 3.63) is 54.2 Å². The van der Waals surface area contributed by atoms with Crippen LogP contribution in [0.3, 0.4) is 0 Å². The number of carbonyl (C=O) groups is 1. The van der Waals surface area contributed by atoms with Crippen LogP contribution < -0.4 is 5.32 Å². The second kappa shape index (κ2) is 6.55. The molecular formula is C19H21N5O. The SMILES string of the molecule is Cc1[nH]cnc1-c1nccn1-c1ccc(CCC(=O)NC2CC2)cc1. The van der Waals surface area contributed by atoms with Crippen LogP contribution in [0.15, 0.2) is 43.0 Å². The molecule has 0 saturated heterocycles. The van der Waals surface area contributed by atoms with Crippen molar-refractivity contribution in [3.8, 4) is 17.2 Å². The number of hydrogen-bond acceptors (Lipinski definition) is 3. The molecule has 2 heterocycles. The van der Waals surface area contributed by atoms with E-state index < -0.39 is 0 Å². The highest BCUT2D eigenvalue weighted by Gasteiger charge is 2.22. The number of nitrogens with one attached hydrogen (secondary N) is 2. The Labute approximate surface area is 146 Å². The van der Waals surface area contributed by atoms with Crippen molar-refractivity contribution in [2.75, 3.05) is 0 Å². The van der Waals surface area contributed by atoms with E-state index in [4.69, 9.17) is 0 Å². The van der Waals surface area contributed by atoms with Crippen molar-refractivity contribution in [2.24, 2.45) is 0 Å². The van der Waals surface area contributed by atoms with Gasteiger partial charge < -0.3 is 10.3 Å². The van der Waals surface area contributed by atoms with Crippen LogP contribution in [0, 0.1) is 6.92 Å². The first-order valence-electron chi connectivity index (χ1n) is 8.63. The van der Waals surface area contributed by atoms with Crippen LogP contribution in [0.25, 0.3) is 17.2 Å². The third-order valence-corrected chi connectivity index (χ3v) is 4.48. The summed E-state index contributed by atoms with van der Waals surface area (Å²) in [6, 6.07) is 8.68. The Bertz CT molecular complexity index is 873. The molecule has 1 fully saturated rings. The van der Waals surface area contributed by atoms with Gasteiger partial charge in [0.15, 0.2) is 5.82 Å². The molecule has 0 radical (unpaired) electrons. The number of carbonyl (C=O) groups excluding carboxylic acids is 1. The van der Waals surface area contributed by atoms with Gasteiger partial charge in [0.05, 0.1) is 6.33 Å². The number of benzene rings is 1. The standard InChI is InChI=1S/C19H21N5O/c1-13-18(22-12-21-13)19-20-10-11-24(19)16-7-2-14(3-8-16)4-9-17(25)23-15-5-6-15/h2-3,7-8,10-12,15H,4-6,9H2,1H3,(H,21,22)(H,23,25). The Morgan fingerprint density at radius 2 is 2.08 bits per heavy atom. The summed E-state index contributed by atoms with van der Waals surface area (Å²) >= 11 is 0. The molecule has 2 aromatic heterocycles. The third kappa shape index (κ3) is 3.47. The van der Waals surface area contributed by atoms with E-state index in [1.54, 1.807) is 12.5 Å². The summed E-state index contributed by atoms with van der Waals surface area (Å²) in [7, 11) is 0. The van der Waals surface area contributed by atoms with Crippen LogP contribution >= 0.6 is 0 Å². The van der Waals surface area contributed by atoms with E-state index in [0.29, 0.717) is 12.5 Å². The Morgan fingerprint density at radius 3 is 2.76 bits per heavy atom. The highest BCUT2D eigenvalue weighted by Crippen LogP contribution is 2.22. The number of hydrogen-bond donors (Lipinski definition) is 2. The molecular weight excluding hydrogens is 314 g/mol. The zero-order chi connectivity index (χ0) is 17.2. The average Bonchev–Trinajstić information content (AvgIpc) is 3.12. The number of rotatable bonds is 6. The molecule has 1 aliphatic rings. The number of amides is 1. The number of aromatic amines is 1. The van der Waals surface area contributed by atoms with Crippen molar-refractivity contribution in [3.63, 3.8) is 0 Å². The molecule has 1 aliphatic carbocycles. The molecule has 0 atom stereocenters. The number of nitrogens with zero attached hydrogens (tertiary/aromatic N) is 3. The van der Waals surface area contributed by atoms with Crippen LogP contribution in [0.2, 0.25) is 0 Å². The highest BCUT2D eigenvalue weighted by atomic mass is 16.1. The van der Waals surface area contributed by atoms with Crippen molar-refractivity contribution >= 4 is 5.91 Å². The maximum atomic E-state index is 11.8. The molecule has 0 aliphatic heterocycles. The number of H-pyrrole nitrogens is 1. The molecule has 6 nitrogen and oxygen atoms in total. The van der Waals surface area contributed by atoms with Gasteiger partial charge in [-0.15, -0.1) is 0 Å². The lowest BCUT2D eigenvalue weighted by Gasteiger charge is -2.08. The molecule has 0 unspecified atom stereocenters. The van der Waals surface area contributed by atoms with Gasteiger partial charge in [-0.05, 0) is 43.9 Å². The maximum absolute atomic E-state index is 11.8. The smallest absolute Gasteiger partial charge is 0.220 e. The molecule has 0 bridgehead atoms. The zero-order valence-corrected chi connectivity index (χ0v) is 14.2. The maximum Gasteiger partial charge on any atom is 0.220 e. The molecule has 4 rings (SSSR count). The summed E-state index contributed by atoms with van der Waals surface area (Å²) in [6.07, 6.45) is 8.94. The fourth-order valence-electron chi connectivity index (χ4n) is 2.88. The van der Waals surface area contributed by atoms with Crippen LogP contribution in [-0.4, -0.2) is 31.5 Å². The normalized spacial score (nSPS) is 13.8. The Morgan fingerprint density at radius 1 is 1.28 bits per heavy atom. The first kappa shape index (κ1) is 15.6. The summed E-state index contributed by atoms with van der Waals surface area (Å²) in [5.41, 5.74) is 4.03. The third-order valence-electron chi connectivity index (χ3n) is 4.48. The van der Waals surface area contributed by atoms with E-state index in [2.05, 4.69) is 44.5 Å². The fraction of sp³-hybridized carbons (Fsp3) is 0.316. The Balaban J connectivity index is 1.46. The average molecular weight is 335 g/mol. The first-order valence-corrected chi connectivity index (χ1v) is 8.63. The molecule has 1 saturated carbocycles. The van der Waals surface area contributed by atoms with Gasteiger partial charge in [0.2, 0.25) is 5.91 Å². The number of imidazole rings is 2. The fourth-order valence-corrected chi connectivity index (χ4v) is 2.88. The molecule has 6 heteroatoms. The monoisotopic (exact) mass is 335 g/mol. The second-order valence-electron chi connectivity index (χ2n) is 6.51. The van der Waals surface area contributed by atoms with Gasteiger partial charge in [0.25, 0.3) is 0 Å². The lowest BCUT2D eigenvalue weighted by molar-refractivity contribution is -0.121. The van der Waals surface area contributed by atoms with Crippen molar-refractivity contribution in [1.29, 1.82) is 0 Å². The van der Waals surface area contributed by atoms with Gasteiger partial charge >= 0.3 is 0 Å². The van der Waals surface area contributed by atoms with Gasteiger partial charge in [-0.3, -0.25) is 9.36 Å². The Kier molecular flexibility index (Phi) is 4.09. The highest BCUT2D eigenvalue weighted by molar-refractivity contribution is 5.76. The topological polar surface area (TPSA) is 75.6 Å². The van der Waals surface area contributed by atoms with E-state index >= 15 is 0 Å². The molecule has 3 aromatic rings. The summed E-state index contributed by atoms with van der Waals surface area (Å²) in [6.45, 7) is 1.98. The van der Waals surface area contributed by atoms with E-state index in [0.717, 1.165) is 47.7 Å². The van der Waals surface area contributed by atoms with E-state index in [1.165, 1.54) is 0 Å². The summed E-state index contributed by atoms with van der Waals surface area (Å²) < 4.78 is 2.02. The molecule has 0 spiro atoms. The van der Waals surface area contributed by atoms with Crippen LogP contribution in [0.4, 0.5) is 0 Å². The molecule has 2 N–H and O–H groups in total. The van der Waals surface area contributed by atoms with Crippen LogP contribution in [-0.2, 0) is 11.2 Å². The predicted octanol–water partition coefficient (Wildman–Crippen LogP) is 2.78. The van der Waals surface area contributed by atoms with Crippen molar-refractivity contribution < 1.29 is 4.79 Å². The van der Waals surface area contributed by atoms with Crippen LogP contribution in [0.5, 0.6) is 0 Å². The summed E-state index contributed by atoms with van der Waals surface area (Å²) in [4.78, 5) is 23.7. The number of aromatic nitrogens is 4. The van der Waals surface area contributed by atoms with E-state index in [1.807, 2.05) is 17.7 Å². The molecule has 1 amide bonds. The quantitative estimate of drug-likeness (QED) is 0.727. The van der Waals surface area contributed by atoms with Gasteiger partial charge in [0, 0.05) is 36.2 Å². The van der Waals surface area contributed by atoms with E-state index in [9.17, 15) is 4.79 Å². The van der Waals surface area contributed by atoms with Gasteiger partial charge in [-0.2, -0.15) is 0 Å². The van der Waals surface area contributed by atoms with Gasteiger partial charge in [-0.25, -0.2) is 9.97 Å². The molecule has 25 heavy (non-hydrogen) atoms. The van der Waals surface area contributed by atoms with Gasteiger partial charge in [-0.1, -0.05) is 12.1 Å². The predicted molar refractivity (Wildman–Crippen MR) is 95.4 cm³/mol. The molecule has 1 aromatic carbocycles.